The van der Waals surface area contributed by atoms with Crippen LogP contribution in [0.25, 0.3) is 17.0 Å². The van der Waals surface area contributed by atoms with Gasteiger partial charge in [-0.2, -0.15) is 4.39 Å². The molecule has 1 aliphatic rings. The van der Waals surface area contributed by atoms with Gasteiger partial charge in [0.2, 0.25) is 5.95 Å². The van der Waals surface area contributed by atoms with Crippen LogP contribution in [0.5, 0.6) is 0 Å². The number of amides is 1. The van der Waals surface area contributed by atoms with E-state index < -0.39 is 17.6 Å². The van der Waals surface area contributed by atoms with Crippen LogP contribution in [0.3, 0.4) is 0 Å². The summed E-state index contributed by atoms with van der Waals surface area (Å²) in [6.45, 7) is 1.94. The van der Waals surface area contributed by atoms with Gasteiger partial charge in [0.05, 0.1) is 15.6 Å². The molecule has 1 aliphatic heterocycles. The van der Waals surface area contributed by atoms with Crippen LogP contribution in [-0.4, -0.2) is 33.6 Å². The van der Waals surface area contributed by atoms with E-state index in [9.17, 15) is 18.0 Å². The minimum absolute atomic E-state index is 0.134. The molecule has 0 aliphatic carbocycles. The van der Waals surface area contributed by atoms with Crippen molar-refractivity contribution in [1.82, 2.24) is 19.8 Å². The molecule has 2 aromatic carbocycles. The van der Waals surface area contributed by atoms with Crippen LogP contribution in [-0.2, 0) is 19.5 Å². The molecule has 0 atom stereocenters. The summed E-state index contributed by atoms with van der Waals surface area (Å²) in [4.78, 5) is 19.0. The molecular formula is C27H21Cl2F3N4O. The van der Waals surface area contributed by atoms with E-state index in [1.807, 2.05) is 6.08 Å². The lowest BCUT2D eigenvalue weighted by Crippen LogP contribution is -2.34. The van der Waals surface area contributed by atoms with E-state index >= 15 is 0 Å². The Morgan fingerprint density at radius 2 is 1.86 bits per heavy atom. The van der Waals surface area contributed by atoms with E-state index in [-0.39, 0.29) is 12.6 Å². The first-order valence-electron chi connectivity index (χ1n) is 11.5. The monoisotopic (exact) mass is 544 g/mol. The van der Waals surface area contributed by atoms with E-state index in [2.05, 4.69) is 15.2 Å². The number of pyridine rings is 1. The van der Waals surface area contributed by atoms with Crippen LogP contribution >= 0.6 is 23.2 Å². The normalized spacial score (nSPS) is 13.9. The van der Waals surface area contributed by atoms with Crippen LogP contribution in [0.1, 0.15) is 22.4 Å². The van der Waals surface area contributed by atoms with E-state index in [1.165, 1.54) is 18.3 Å². The molecule has 2 aromatic heterocycles. The van der Waals surface area contributed by atoms with E-state index in [1.54, 1.807) is 28.8 Å². The fourth-order valence-corrected chi connectivity index (χ4v) is 4.88. The van der Waals surface area contributed by atoms with Crippen molar-refractivity contribution in [3.05, 3.63) is 105 Å². The first-order valence-corrected chi connectivity index (χ1v) is 12.3. The minimum Gasteiger partial charge on any atom is -0.333 e. The third-order valence-electron chi connectivity index (χ3n) is 6.32. The van der Waals surface area contributed by atoms with Gasteiger partial charge in [-0.05, 0) is 53.1 Å². The van der Waals surface area contributed by atoms with E-state index in [0.29, 0.717) is 52.7 Å². The third-order valence-corrected chi connectivity index (χ3v) is 7.05. The average molecular weight is 545 g/mol. The van der Waals surface area contributed by atoms with Crippen molar-refractivity contribution in [2.45, 2.75) is 19.5 Å². The SMILES string of the molecule is O=C(NCc1ccnc(F)c1)n1c2c(c3cc(Cl)c(Cl)cc31)CN(CC=Cc1ccc(F)c(F)c1)CC2. The average Bonchev–Trinajstić information content (AvgIpc) is 3.17. The Morgan fingerprint density at radius 1 is 1.05 bits per heavy atom. The van der Waals surface area contributed by atoms with Gasteiger partial charge >= 0.3 is 6.03 Å². The molecule has 190 valence electrons. The van der Waals surface area contributed by atoms with Crippen LogP contribution < -0.4 is 5.32 Å². The number of aromatic nitrogens is 2. The quantitative estimate of drug-likeness (QED) is 0.288. The first-order chi connectivity index (χ1) is 17.8. The summed E-state index contributed by atoms with van der Waals surface area (Å²) < 4.78 is 41.7. The standard InChI is InChI=1S/C27H21Cl2F3N4O/c28-20-12-18-19-15-35(8-1-2-16-3-4-22(30)23(31)10-16)9-6-24(19)36(25(18)13-21(20)29)27(37)34-14-17-5-7-33-26(32)11-17/h1-5,7,10-13H,6,8-9,14-15H2,(H,34,37). The summed E-state index contributed by atoms with van der Waals surface area (Å²) in [5.74, 6) is -2.39. The second-order valence-corrected chi connectivity index (χ2v) is 9.57. The Morgan fingerprint density at radius 3 is 2.65 bits per heavy atom. The van der Waals surface area contributed by atoms with Crippen LogP contribution in [0.2, 0.25) is 10.0 Å². The largest absolute Gasteiger partial charge is 0.333 e. The van der Waals surface area contributed by atoms with Crippen molar-refractivity contribution in [3.63, 3.8) is 0 Å². The smallest absolute Gasteiger partial charge is 0.326 e. The molecule has 0 spiro atoms. The van der Waals surface area contributed by atoms with Gasteiger partial charge in [-0.15, -0.1) is 0 Å². The van der Waals surface area contributed by atoms with E-state index in [0.717, 1.165) is 28.8 Å². The maximum Gasteiger partial charge on any atom is 0.326 e. The summed E-state index contributed by atoms with van der Waals surface area (Å²) in [5, 5.41) is 4.39. The molecule has 0 saturated heterocycles. The van der Waals surface area contributed by atoms with Crippen molar-refractivity contribution >= 4 is 46.2 Å². The number of nitrogens with zero attached hydrogens (tertiary/aromatic N) is 3. The summed E-state index contributed by atoms with van der Waals surface area (Å²) >= 11 is 12.6. The predicted octanol–water partition coefficient (Wildman–Crippen LogP) is 6.59. The van der Waals surface area contributed by atoms with Crippen molar-refractivity contribution in [3.8, 4) is 0 Å². The first kappa shape index (κ1) is 25.3. The van der Waals surface area contributed by atoms with Crippen molar-refractivity contribution in [2.75, 3.05) is 13.1 Å². The second kappa shape index (κ2) is 10.6. The molecule has 0 radical (unpaired) electrons. The Bertz CT molecular complexity index is 1540. The fourth-order valence-electron chi connectivity index (χ4n) is 4.56. The fraction of sp³-hybridized carbons (Fsp3) is 0.185. The highest BCUT2D eigenvalue weighted by atomic mass is 35.5. The van der Waals surface area contributed by atoms with Gasteiger partial charge in [0.15, 0.2) is 11.6 Å². The minimum atomic E-state index is -0.888. The molecule has 0 unspecified atom stereocenters. The highest BCUT2D eigenvalue weighted by Gasteiger charge is 2.27. The highest BCUT2D eigenvalue weighted by Crippen LogP contribution is 2.36. The molecular weight excluding hydrogens is 524 g/mol. The maximum absolute atomic E-state index is 13.5. The molecule has 0 fully saturated rings. The van der Waals surface area contributed by atoms with Gasteiger partial charge in [-0.1, -0.05) is 41.4 Å². The molecule has 3 heterocycles. The van der Waals surface area contributed by atoms with Gasteiger partial charge < -0.3 is 5.32 Å². The topological polar surface area (TPSA) is 50.2 Å². The molecule has 5 rings (SSSR count). The zero-order valence-corrected chi connectivity index (χ0v) is 21.0. The molecule has 1 amide bonds. The molecule has 0 saturated carbocycles. The van der Waals surface area contributed by atoms with Gasteiger partial charge in [0.1, 0.15) is 0 Å². The zero-order valence-electron chi connectivity index (χ0n) is 19.4. The Kier molecular flexibility index (Phi) is 7.24. The number of hydrogen-bond donors (Lipinski definition) is 1. The third kappa shape index (κ3) is 5.37. The lowest BCUT2D eigenvalue weighted by molar-refractivity contribution is 0.240. The molecule has 37 heavy (non-hydrogen) atoms. The summed E-state index contributed by atoms with van der Waals surface area (Å²) in [5.41, 5.74) is 3.61. The number of fused-ring (bicyclic) bond motifs is 3. The number of nitrogens with one attached hydrogen (secondary N) is 1. The van der Waals surface area contributed by atoms with Crippen molar-refractivity contribution in [1.29, 1.82) is 0 Å². The molecule has 4 aromatic rings. The van der Waals surface area contributed by atoms with Gasteiger partial charge in [-0.3, -0.25) is 9.47 Å². The number of hydrogen-bond acceptors (Lipinski definition) is 3. The Hall–Kier alpha value is -3.33. The van der Waals surface area contributed by atoms with E-state index in [4.69, 9.17) is 23.2 Å². The number of carbonyl (C=O) groups excluding carboxylic acids is 1. The summed E-state index contributed by atoms with van der Waals surface area (Å²) in [6, 6.07) is 9.76. The summed E-state index contributed by atoms with van der Waals surface area (Å²) in [7, 11) is 0. The Labute approximate surface area is 221 Å². The second-order valence-electron chi connectivity index (χ2n) is 8.75. The van der Waals surface area contributed by atoms with Gasteiger partial charge in [-0.25, -0.2) is 18.6 Å². The summed E-state index contributed by atoms with van der Waals surface area (Å²) in [6.07, 6.45) is 5.57. The predicted molar refractivity (Wildman–Crippen MR) is 138 cm³/mol. The lowest BCUT2D eigenvalue weighted by atomic mass is 10.0. The molecule has 0 bridgehead atoms. The lowest BCUT2D eigenvalue weighted by Gasteiger charge is -2.27. The number of rotatable bonds is 5. The highest BCUT2D eigenvalue weighted by molar-refractivity contribution is 6.42. The number of carbonyl (C=O) groups is 1. The maximum atomic E-state index is 13.5. The van der Waals surface area contributed by atoms with Crippen LogP contribution in [0.15, 0.2) is 54.7 Å². The molecule has 1 N–H and O–H groups in total. The van der Waals surface area contributed by atoms with Crippen LogP contribution in [0, 0.1) is 17.6 Å². The van der Waals surface area contributed by atoms with Crippen LogP contribution in [0.4, 0.5) is 18.0 Å². The number of benzene rings is 2. The van der Waals surface area contributed by atoms with Gasteiger partial charge in [0, 0.05) is 49.9 Å². The van der Waals surface area contributed by atoms with Gasteiger partial charge in [0.25, 0.3) is 0 Å². The Balaban J connectivity index is 1.39. The van der Waals surface area contributed by atoms with Crippen molar-refractivity contribution < 1.29 is 18.0 Å². The zero-order chi connectivity index (χ0) is 26.1. The van der Waals surface area contributed by atoms with Crippen molar-refractivity contribution in [2.24, 2.45) is 0 Å². The number of halogens is 5. The molecule has 5 nitrogen and oxygen atoms in total. The molecule has 10 heteroatoms.